The van der Waals surface area contributed by atoms with Gasteiger partial charge in [-0.15, -0.1) is 12.4 Å². The van der Waals surface area contributed by atoms with Crippen LogP contribution < -0.4 is 5.32 Å². The first-order chi connectivity index (χ1) is 10.7. The molecule has 5 heteroatoms. The number of rotatable bonds is 3. The fourth-order valence-electron chi connectivity index (χ4n) is 3.74. The Hall–Kier alpha value is -1.36. The summed E-state index contributed by atoms with van der Waals surface area (Å²) in [6, 6.07) is 8.33. The van der Waals surface area contributed by atoms with Crippen molar-refractivity contribution in [1.82, 2.24) is 15.2 Å². The molecule has 1 aromatic carbocycles. The topological polar surface area (TPSA) is 41.3 Å². The predicted molar refractivity (Wildman–Crippen MR) is 93.7 cm³/mol. The van der Waals surface area contributed by atoms with E-state index in [0.29, 0.717) is 5.41 Å². The van der Waals surface area contributed by atoms with Crippen LogP contribution in [0, 0.1) is 12.3 Å². The molecule has 124 valence electrons. The highest BCUT2D eigenvalue weighted by molar-refractivity contribution is 5.85. The van der Waals surface area contributed by atoms with Crippen molar-refractivity contribution in [3.8, 4) is 11.5 Å². The fraction of sp³-hybridized carbons (Fsp3) is 0.500. The Labute approximate surface area is 143 Å². The third-order valence-corrected chi connectivity index (χ3v) is 5.09. The normalized spacial score (nSPS) is 24.2. The molecule has 0 aliphatic carbocycles. The van der Waals surface area contributed by atoms with E-state index in [1.54, 1.807) is 0 Å². The third kappa shape index (κ3) is 3.44. The second kappa shape index (κ2) is 6.63. The molecule has 4 nitrogen and oxygen atoms in total. The summed E-state index contributed by atoms with van der Waals surface area (Å²) in [5, 5.41) is 3.51. The standard InChI is InChI=1S/C18H23N3O.ClH/c1-14-2-4-15(5-3-14)17-20-16(11-22-17)10-21-9-7-18(13-21)6-8-19-12-18;/h2-5,11,19H,6-10,12-13H2,1H3;1H. The minimum absolute atomic E-state index is 0. The van der Waals surface area contributed by atoms with Crippen molar-refractivity contribution < 1.29 is 4.42 Å². The zero-order valence-corrected chi connectivity index (χ0v) is 14.4. The molecule has 1 N–H and O–H groups in total. The second-order valence-corrected chi connectivity index (χ2v) is 6.90. The molecule has 1 unspecified atom stereocenters. The monoisotopic (exact) mass is 333 g/mol. The number of nitrogens with zero attached hydrogens (tertiary/aromatic N) is 2. The van der Waals surface area contributed by atoms with E-state index >= 15 is 0 Å². The van der Waals surface area contributed by atoms with Gasteiger partial charge in [-0.05, 0) is 50.4 Å². The maximum absolute atomic E-state index is 5.67. The zero-order chi connectivity index (χ0) is 15.0. The lowest BCUT2D eigenvalue weighted by Crippen LogP contribution is -2.29. The molecule has 2 aliphatic rings. The minimum Gasteiger partial charge on any atom is -0.444 e. The molecule has 3 heterocycles. The van der Waals surface area contributed by atoms with Crippen molar-refractivity contribution in [2.24, 2.45) is 5.41 Å². The number of benzene rings is 1. The van der Waals surface area contributed by atoms with Crippen LogP contribution in [0.3, 0.4) is 0 Å². The van der Waals surface area contributed by atoms with Crippen LogP contribution in [0.2, 0.25) is 0 Å². The predicted octanol–water partition coefficient (Wildman–Crippen LogP) is 3.26. The molecule has 0 bridgehead atoms. The average Bonchev–Trinajstić information content (AvgIpc) is 3.24. The highest BCUT2D eigenvalue weighted by Gasteiger charge is 2.40. The molecule has 1 aromatic heterocycles. The Balaban J connectivity index is 0.00000156. The number of aromatic nitrogens is 1. The SMILES string of the molecule is Cc1ccc(-c2nc(CN3CCC4(CCNC4)C3)co2)cc1.Cl. The fourth-order valence-corrected chi connectivity index (χ4v) is 3.74. The van der Waals surface area contributed by atoms with Gasteiger partial charge in [-0.25, -0.2) is 4.98 Å². The largest absolute Gasteiger partial charge is 0.444 e. The number of hydrogen-bond donors (Lipinski definition) is 1. The molecule has 2 saturated heterocycles. The Bertz CT molecular complexity index is 647. The summed E-state index contributed by atoms with van der Waals surface area (Å²) in [6.07, 6.45) is 4.44. The second-order valence-electron chi connectivity index (χ2n) is 6.90. The quantitative estimate of drug-likeness (QED) is 0.936. The molecule has 1 atom stereocenters. The Morgan fingerprint density at radius 3 is 2.83 bits per heavy atom. The smallest absolute Gasteiger partial charge is 0.226 e. The molecule has 4 rings (SSSR count). The van der Waals surface area contributed by atoms with Gasteiger partial charge in [0, 0.05) is 25.2 Å². The molecule has 1 spiro atoms. The van der Waals surface area contributed by atoms with Crippen molar-refractivity contribution in [1.29, 1.82) is 0 Å². The number of aryl methyl sites for hydroxylation is 1. The summed E-state index contributed by atoms with van der Waals surface area (Å²) >= 11 is 0. The molecule has 2 fully saturated rings. The van der Waals surface area contributed by atoms with Crippen molar-refractivity contribution in [2.45, 2.75) is 26.3 Å². The van der Waals surface area contributed by atoms with Gasteiger partial charge in [0.05, 0.1) is 5.69 Å². The summed E-state index contributed by atoms with van der Waals surface area (Å²) in [4.78, 5) is 7.18. The van der Waals surface area contributed by atoms with Gasteiger partial charge in [-0.1, -0.05) is 17.7 Å². The Morgan fingerprint density at radius 1 is 1.26 bits per heavy atom. The van der Waals surface area contributed by atoms with Crippen molar-refractivity contribution in [3.63, 3.8) is 0 Å². The van der Waals surface area contributed by atoms with Gasteiger partial charge in [0.15, 0.2) is 0 Å². The first-order valence-electron chi connectivity index (χ1n) is 8.17. The third-order valence-electron chi connectivity index (χ3n) is 5.09. The minimum atomic E-state index is 0. The van der Waals surface area contributed by atoms with E-state index in [2.05, 4.69) is 46.4 Å². The number of nitrogens with one attached hydrogen (secondary N) is 1. The molecular formula is C18H24ClN3O. The van der Waals surface area contributed by atoms with Crippen LogP contribution in [-0.2, 0) is 6.54 Å². The molecule has 0 saturated carbocycles. The van der Waals surface area contributed by atoms with Crippen LogP contribution >= 0.6 is 12.4 Å². The van der Waals surface area contributed by atoms with Crippen molar-refractivity contribution in [3.05, 3.63) is 41.8 Å². The summed E-state index contributed by atoms with van der Waals surface area (Å²) < 4.78 is 5.67. The summed E-state index contributed by atoms with van der Waals surface area (Å²) in [5.74, 6) is 0.728. The van der Waals surface area contributed by atoms with Crippen molar-refractivity contribution >= 4 is 12.4 Å². The van der Waals surface area contributed by atoms with Crippen LogP contribution in [0.5, 0.6) is 0 Å². The van der Waals surface area contributed by atoms with Crippen LogP contribution in [0.1, 0.15) is 24.1 Å². The van der Waals surface area contributed by atoms with Gasteiger partial charge in [-0.2, -0.15) is 0 Å². The molecule has 2 aromatic rings. The highest BCUT2D eigenvalue weighted by atomic mass is 35.5. The lowest BCUT2D eigenvalue weighted by molar-refractivity contribution is 0.266. The summed E-state index contributed by atoms with van der Waals surface area (Å²) in [7, 11) is 0. The Kier molecular flexibility index (Phi) is 4.76. The van der Waals surface area contributed by atoms with E-state index in [4.69, 9.17) is 4.42 Å². The molecule has 2 aliphatic heterocycles. The molecule has 0 amide bonds. The molecule has 0 radical (unpaired) electrons. The number of halogens is 1. The molecule has 23 heavy (non-hydrogen) atoms. The lowest BCUT2D eigenvalue weighted by Gasteiger charge is -2.22. The van der Waals surface area contributed by atoms with Gasteiger partial charge in [-0.3, -0.25) is 4.90 Å². The Morgan fingerprint density at radius 2 is 2.09 bits per heavy atom. The van der Waals surface area contributed by atoms with Gasteiger partial charge >= 0.3 is 0 Å². The van der Waals surface area contributed by atoms with E-state index in [9.17, 15) is 0 Å². The van der Waals surface area contributed by atoms with Gasteiger partial charge < -0.3 is 9.73 Å². The van der Waals surface area contributed by atoms with Gasteiger partial charge in [0.25, 0.3) is 0 Å². The van der Waals surface area contributed by atoms with E-state index in [0.717, 1.165) is 23.7 Å². The number of oxazole rings is 1. The maximum Gasteiger partial charge on any atom is 0.226 e. The van der Waals surface area contributed by atoms with E-state index in [-0.39, 0.29) is 12.4 Å². The van der Waals surface area contributed by atoms with Gasteiger partial charge in [0.1, 0.15) is 6.26 Å². The average molecular weight is 334 g/mol. The highest BCUT2D eigenvalue weighted by Crippen LogP contribution is 2.36. The van der Waals surface area contributed by atoms with Crippen LogP contribution in [0.25, 0.3) is 11.5 Å². The summed E-state index contributed by atoms with van der Waals surface area (Å²) in [6.45, 7) is 7.70. The van der Waals surface area contributed by atoms with Crippen LogP contribution in [-0.4, -0.2) is 36.1 Å². The van der Waals surface area contributed by atoms with E-state index in [1.165, 1.54) is 44.6 Å². The maximum atomic E-state index is 5.67. The first kappa shape index (κ1) is 16.5. The van der Waals surface area contributed by atoms with E-state index < -0.39 is 0 Å². The van der Waals surface area contributed by atoms with Gasteiger partial charge in [0.2, 0.25) is 5.89 Å². The molecular weight excluding hydrogens is 310 g/mol. The van der Waals surface area contributed by atoms with Crippen molar-refractivity contribution in [2.75, 3.05) is 26.2 Å². The lowest BCUT2D eigenvalue weighted by atomic mass is 9.87. The number of likely N-dealkylation sites (tertiary alicyclic amines) is 1. The first-order valence-corrected chi connectivity index (χ1v) is 8.17. The van der Waals surface area contributed by atoms with E-state index in [1.807, 2.05) is 6.26 Å². The van der Waals surface area contributed by atoms with Crippen LogP contribution in [0.15, 0.2) is 34.9 Å². The zero-order valence-electron chi connectivity index (χ0n) is 13.5. The van der Waals surface area contributed by atoms with Crippen LogP contribution in [0.4, 0.5) is 0 Å². The number of hydrogen-bond acceptors (Lipinski definition) is 4. The summed E-state index contributed by atoms with van der Waals surface area (Å²) in [5.41, 5.74) is 3.86.